The molecule has 1 fully saturated rings. The van der Waals surface area contributed by atoms with Gasteiger partial charge in [0.1, 0.15) is 5.82 Å². The molecule has 0 saturated heterocycles. The largest absolute Gasteiger partial charge is 0.370 e. The van der Waals surface area contributed by atoms with Crippen molar-refractivity contribution in [2.45, 2.75) is 20.3 Å². The fourth-order valence-corrected chi connectivity index (χ4v) is 1.86. The summed E-state index contributed by atoms with van der Waals surface area (Å²) in [5.41, 5.74) is 0.671. The number of hydrogen-bond acceptors (Lipinski definition) is 3. The molecule has 0 aliphatic heterocycles. The lowest BCUT2D eigenvalue weighted by Crippen LogP contribution is -2.26. The highest BCUT2D eigenvalue weighted by molar-refractivity contribution is 5.94. The molecule has 1 amide bonds. The highest BCUT2D eigenvalue weighted by atomic mass is 16.1. The predicted octanol–water partition coefficient (Wildman–Crippen LogP) is 1.90. The van der Waals surface area contributed by atoms with E-state index >= 15 is 0 Å². The van der Waals surface area contributed by atoms with Gasteiger partial charge in [0, 0.05) is 24.8 Å². The highest BCUT2D eigenvalue weighted by Gasteiger charge is 2.32. The first kappa shape index (κ1) is 11.9. The van der Waals surface area contributed by atoms with E-state index in [-0.39, 0.29) is 5.91 Å². The molecule has 2 rings (SSSR count). The number of carbonyl (C=O) groups is 1. The van der Waals surface area contributed by atoms with Crippen LogP contribution in [0.15, 0.2) is 18.3 Å². The average molecular weight is 233 g/mol. The molecule has 2 atom stereocenters. The third kappa shape index (κ3) is 3.19. The summed E-state index contributed by atoms with van der Waals surface area (Å²) in [5.74, 6) is 2.18. The maximum atomic E-state index is 11.9. The molecule has 1 heterocycles. The second-order valence-corrected chi connectivity index (χ2v) is 4.64. The smallest absolute Gasteiger partial charge is 0.251 e. The Morgan fingerprint density at radius 3 is 3.00 bits per heavy atom. The average Bonchev–Trinajstić information content (AvgIpc) is 3.03. The third-order valence-electron chi connectivity index (χ3n) is 3.18. The summed E-state index contributed by atoms with van der Waals surface area (Å²) in [6.07, 6.45) is 2.89. The molecule has 1 aromatic rings. The van der Waals surface area contributed by atoms with Gasteiger partial charge < -0.3 is 10.6 Å². The van der Waals surface area contributed by atoms with Gasteiger partial charge in [-0.05, 0) is 37.3 Å². The topological polar surface area (TPSA) is 54.0 Å². The number of nitrogens with one attached hydrogen (secondary N) is 2. The van der Waals surface area contributed by atoms with E-state index in [2.05, 4.69) is 22.5 Å². The Morgan fingerprint density at radius 2 is 2.35 bits per heavy atom. The first-order chi connectivity index (χ1) is 8.20. The molecular weight excluding hydrogens is 214 g/mol. The van der Waals surface area contributed by atoms with Crippen LogP contribution in [0, 0.1) is 11.8 Å². The van der Waals surface area contributed by atoms with Crippen LogP contribution in [-0.4, -0.2) is 24.0 Å². The van der Waals surface area contributed by atoms with E-state index < -0.39 is 0 Å². The first-order valence-corrected chi connectivity index (χ1v) is 6.18. The zero-order chi connectivity index (χ0) is 12.3. The van der Waals surface area contributed by atoms with Crippen LogP contribution in [0.1, 0.15) is 30.6 Å². The molecule has 0 bridgehead atoms. The van der Waals surface area contributed by atoms with Crippen LogP contribution in [0.25, 0.3) is 0 Å². The molecule has 1 saturated carbocycles. The maximum absolute atomic E-state index is 11.9. The van der Waals surface area contributed by atoms with Gasteiger partial charge in [0.25, 0.3) is 5.91 Å². The van der Waals surface area contributed by atoms with Crippen LogP contribution >= 0.6 is 0 Å². The lowest BCUT2D eigenvalue weighted by molar-refractivity contribution is 0.0951. The van der Waals surface area contributed by atoms with Crippen LogP contribution in [0.2, 0.25) is 0 Å². The Bertz CT molecular complexity index is 405. The Kier molecular flexibility index (Phi) is 3.61. The van der Waals surface area contributed by atoms with Gasteiger partial charge in [-0.2, -0.15) is 0 Å². The number of hydrogen-bond donors (Lipinski definition) is 2. The molecule has 0 radical (unpaired) electrons. The van der Waals surface area contributed by atoms with E-state index in [1.165, 1.54) is 6.42 Å². The number of amides is 1. The minimum absolute atomic E-state index is 0.00865. The number of carbonyl (C=O) groups excluding carboxylic acids is 1. The van der Waals surface area contributed by atoms with Crippen molar-refractivity contribution in [2.75, 3.05) is 18.4 Å². The Labute approximate surface area is 102 Å². The molecule has 1 aliphatic rings. The summed E-state index contributed by atoms with van der Waals surface area (Å²) in [6.45, 7) is 5.81. The monoisotopic (exact) mass is 233 g/mol. The van der Waals surface area contributed by atoms with Gasteiger partial charge in [0.2, 0.25) is 0 Å². The van der Waals surface area contributed by atoms with E-state index in [9.17, 15) is 4.79 Å². The Balaban J connectivity index is 1.91. The second kappa shape index (κ2) is 5.17. The van der Waals surface area contributed by atoms with Crippen molar-refractivity contribution in [3.63, 3.8) is 0 Å². The molecule has 2 N–H and O–H groups in total. The molecule has 4 nitrogen and oxygen atoms in total. The first-order valence-electron chi connectivity index (χ1n) is 6.18. The van der Waals surface area contributed by atoms with Gasteiger partial charge in [-0.3, -0.25) is 4.79 Å². The van der Waals surface area contributed by atoms with Crippen LogP contribution in [0.5, 0.6) is 0 Å². The van der Waals surface area contributed by atoms with Crippen LogP contribution in [-0.2, 0) is 0 Å². The third-order valence-corrected chi connectivity index (χ3v) is 3.18. The van der Waals surface area contributed by atoms with Crippen molar-refractivity contribution in [1.29, 1.82) is 0 Å². The summed E-state index contributed by atoms with van der Waals surface area (Å²) in [4.78, 5) is 16.0. The van der Waals surface area contributed by atoms with E-state index in [1.807, 2.05) is 6.92 Å². The predicted molar refractivity (Wildman–Crippen MR) is 68.0 cm³/mol. The molecule has 4 heteroatoms. The molecule has 17 heavy (non-hydrogen) atoms. The van der Waals surface area contributed by atoms with Crippen molar-refractivity contribution in [1.82, 2.24) is 10.3 Å². The van der Waals surface area contributed by atoms with Gasteiger partial charge in [0.15, 0.2) is 0 Å². The van der Waals surface area contributed by atoms with Gasteiger partial charge in [-0.1, -0.05) is 6.92 Å². The van der Waals surface area contributed by atoms with Crippen molar-refractivity contribution in [3.8, 4) is 0 Å². The van der Waals surface area contributed by atoms with E-state index in [0.29, 0.717) is 11.5 Å². The molecule has 2 unspecified atom stereocenters. The van der Waals surface area contributed by atoms with Crippen LogP contribution < -0.4 is 10.6 Å². The number of aromatic nitrogens is 1. The zero-order valence-electron chi connectivity index (χ0n) is 10.4. The van der Waals surface area contributed by atoms with Gasteiger partial charge >= 0.3 is 0 Å². The summed E-state index contributed by atoms with van der Waals surface area (Å²) in [7, 11) is 0. The summed E-state index contributed by atoms with van der Waals surface area (Å²) in [6, 6.07) is 3.53. The van der Waals surface area contributed by atoms with Crippen LogP contribution in [0.4, 0.5) is 5.82 Å². The number of nitrogens with zero attached hydrogens (tertiary/aromatic N) is 1. The Morgan fingerprint density at radius 1 is 1.59 bits per heavy atom. The SMILES string of the molecule is CCNc1cc(C(=O)NCC2CC2C)ccn1. The molecule has 92 valence electrons. The molecule has 1 aromatic heterocycles. The van der Waals surface area contributed by atoms with Crippen molar-refractivity contribution in [3.05, 3.63) is 23.9 Å². The van der Waals surface area contributed by atoms with Crippen molar-refractivity contribution in [2.24, 2.45) is 11.8 Å². The lowest BCUT2D eigenvalue weighted by Gasteiger charge is -2.06. The minimum atomic E-state index is -0.00865. The lowest BCUT2D eigenvalue weighted by atomic mass is 10.2. The molecular formula is C13H19N3O. The summed E-state index contributed by atoms with van der Waals surface area (Å²) < 4.78 is 0. The van der Waals surface area contributed by atoms with E-state index in [4.69, 9.17) is 0 Å². The second-order valence-electron chi connectivity index (χ2n) is 4.64. The molecule has 1 aliphatic carbocycles. The standard InChI is InChI=1S/C13H19N3O/c1-3-14-12-7-10(4-5-15-12)13(17)16-8-11-6-9(11)2/h4-5,7,9,11H,3,6,8H2,1-2H3,(H,14,15)(H,16,17). The van der Waals surface area contributed by atoms with E-state index in [0.717, 1.165) is 24.8 Å². The highest BCUT2D eigenvalue weighted by Crippen LogP contribution is 2.36. The van der Waals surface area contributed by atoms with Gasteiger partial charge in [-0.25, -0.2) is 4.98 Å². The molecule has 0 spiro atoms. The maximum Gasteiger partial charge on any atom is 0.251 e. The minimum Gasteiger partial charge on any atom is -0.370 e. The summed E-state index contributed by atoms with van der Waals surface area (Å²) in [5, 5.41) is 6.06. The number of pyridine rings is 1. The fourth-order valence-electron chi connectivity index (χ4n) is 1.86. The quantitative estimate of drug-likeness (QED) is 0.816. The van der Waals surface area contributed by atoms with E-state index in [1.54, 1.807) is 18.3 Å². The number of anilines is 1. The summed E-state index contributed by atoms with van der Waals surface area (Å²) >= 11 is 0. The van der Waals surface area contributed by atoms with Crippen molar-refractivity contribution < 1.29 is 4.79 Å². The zero-order valence-corrected chi connectivity index (χ0v) is 10.4. The normalized spacial score (nSPS) is 22.0. The van der Waals surface area contributed by atoms with Gasteiger partial charge in [-0.15, -0.1) is 0 Å². The Hall–Kier alpha value is -1.58. The fraction of sp³-hybridized carbons (Fsp3) is 0.538. The molecule has 0 aromatic carbocycles. The van der Waals surface area contributed by atoms with Crippen molar-refractivity contribution >= 4 is 11.7 Å². The van der Waals surface area contributed by atoms with Gasteiger partial charge in [0.05, 0.1) is 0 Å². The number of rotatable bonds is 5. The van der Waals surface area contributed by atoms with Crippen LogP contribution in [0.3, 0.4) is 0 Å².